The molecule has 1 saturated carbocycles. The quantitative estimate of drug-likeness (QED) is 0.706. The summed E-state index contributed by atoms with van der Waals surface area (Å²) in [6, 6.07) is 12.6. The van der Waals surface area contributed by atoms with Crippen molar-refractivity contribution in [3.8, 4) is 0 Å². The highest BCUT2D eigenvalue weighted by molar-refractivity contribution is 5.99. The lowest BCUT2D eigenvalue weighted by Crippen LogP contribution is -2.50. The summed E-state index contributed by atoms with van der Waals surface area (Å²) in [5.74, 6) is 0.765. The lowest BCUT2D eigenvalue weighted by atomic mass is 10.1. The molecule has 0 N–H and O–H groups in total. The Morgan fingerprint density at radius 1 is 1.03 bits per heavy atom. The van der Waals surface area contributed by atoms with Gasteiger partial charge in [0.15, 0.2) is 5.78 Å². The highest BCUT2D eigenvalue weighted by Crippen LogP contribution is 2.31. The summed E-state index contributed by atoms with van der Waals surface area (Å²) in [6.45, 7) is 9.78. The van der Waals surface area contributed by atoms with Gasteiger partial charge in [0.1, 0.15) is 0 Å². The average molecular weight is 394 g/mol. The number of carbonyl (C=O) groups excluding carboxylic acids is 2. The van der Waals surface area contributed by atoms with Gasteiger partial charge in [-0.2, -0.15) is 0 Å². The zero-order chi connectivity index (χ0) is 20.5. The molecule has 1 amide bonds. The van der Waals surface area contributed by atoms with Crippen molar-refractivity contribution in [1.82, 2.24) is 14.4 Å². The molecule has 5 nitrogen and oxygen atoms in total. The predicted octanol–water partition coefficient (Wildman–Crippen LogP) is 3.45. The number of aromatic nitrogens is 1. The molecular weight excluding hydrogens is 362 g/mol. The molecule has 1 unspecified atom stereocenters. The van der Waals surface area contributed by atoms with Crippen LogP contribution in [0, 0.1) is 19.8 Å². The predicted molar refractivity (Wildman–Crippen MR) is 114 cm³/mol. The number of ketones is 1. The minimum Gasteiger partial charge on any atom is -0.341 e. The lowest BCUT2D eigenvalue weighted by molar-refractivity contribution is -0.134. The van der Waals surface area contributed by atoms with Crippen LogP contribution < -0.4 is 0 Å². The summed E-state index contributed by atoms with van der Waals surface area (Å²) >= 11 is 0. The van der Waals surface area contributed by atoms with Gasteiger partial charge < -0.3 is 9.47 Å². The van der Waals surface area contributed by atoms with E-state index in [1.165, 1.54) is 5.56 Å². The summed E-state index contributed by atoms with van der Waals surface area (Å²) in [4.78, 5) is 29.4. The van der Waals surface area contributed by atoms with Gasteiger partial charge in [-0.25, -0.2) is 0 Å². The van der Waals surface area contributed by atoms with E-state index in [0.29, 0.717) is 12.5 Å². The molecule has 0 spiro atoms. The number of hydrogen-bond donors (Lipinski definition) is 0. The van der Waals surface area contributed by atoms with E-state index >= 15 is 0 Å². The van der Waals surface area contributed by atoms with Crippen LogP contribution in [-0.4, -0.2) is 58.8 Å². The molecule has 2 aromatic rings. The van der Waals surface area contributed by atoms with Crippen LogP contribution in [0.1, 0.15) is 53.1 Å². The first-order chi connectivity index (χ1) is 14.0. The zero-order valence-electron chi connectivity index (χ0n) is 17.7. The molecule has 1 saturated heterocycles. The smallest absolute Gasteiger partial charge is 0.225 e. The molecule has 4 rings (SSSR count). The van der Waals surface area contributed by atoms with E-state index < -0.39 is 0 Å². The first kappa shape index (κ1) is 19.9. The molecular formula is C24H31N3O2. The summed E-state index contributed by atoms with van der Waals surface area (Å²) < 4.78 is 2.26. The van der Waals surface area contributed by atoms with Gasteiger partial charge in [0.2, 0.25) is 5.91 Å². The number of aryl methyl sites for hydroxylation is 1. The van der Waals surface area contributed by atoms with Crippen LogP contribution in [0.15, 0.2) is 36.4 Å². The van der Waals surface area contributed by atoms with Gasteiger partial charge in [0.05, 0.1) is 12.6 Å². The molecule has 0 radical (unpaired) electrons. The Hall–Kier alpha value is -2.40. The maximum Gasteiger partial charge on any atom is 0.225 e. The number of amides is 1. The summed E-state index contributed by atoms with van der Waals surface area (Å²) in [6.07, 6.45) is 2.10. The first-order valence-corrected chi connectivity index (χ1v) is 10.7. The fraction of sp³-hybridized carbons (Fsp3) is 0.500. The van der Waals surface area contributed by atoms with E-state index in [1.54, 1.807) is 0 Å². The average Bonchev–Trinajstić information content (AvgIpc) is 3.53. The van der Waals surface area contributed by atoms with Crippen LogP contribution in [0.3, 0.4) is 0 Å². The Morgan fingerprint density at radius 2 is 1.69 bits per heavy atom. The molecule has 1 aliphatic heterocycles. The van der Waals surface area contributed by atoms with Gasteiger partial charge in [-0.15, -0.1) is 0 Å². The third kappa shape index (κ3) is 4.15. The highest BCUT2D eigenvalue weighted by Gasteiger charge is 2.34. The van der Waals surface area contributed by atoms with Crippen LogP contribution in [0.25, 0.3) is 0 Å². The van der Waals surface area contributed by atoms with Gasteiger partial charge in [0, 0.05) is 49.0 Å². The molecule has 1 aromatic heterocycles. The van der Waals surface area contributed by atoms with Crippen molar-refractivity contribution in [2.45, 2.75) is 39.7 Å². The summed E-state index contributed by atoms with van der Waals surface area (Å²) in [5, 5.41) is 0. The van der Waals surface area contributed by atoms with Gasteiger partial charge in [-0.05, 0) is 45.2 Å². The minimum atomic E-state index is 0.173. The van der Waals surface area contributed by atoms with Gasteiger partial charge >= 0.3 is 0 Å². The van der Waals surface area contributed by atoms with Crippen molar-refractivity contribution >= 4 is 11.7 Å². The van der Waals surface area contributed by atoms with E-state index in [1.807, 2.05) is 24.0 Å². The Bertz CT molecular complexity index is 890. The minimum absolute atomic E-state index is 0.173. The Labute approximate surface area is 173 Å². The lowest BCUT2D eigenvalue weighted by Gasteiger charge is -2.34. The van der Waals surface area contributed by atoms with Crippen LogP contribution in [0.5, 0.6) is 0 Å². The van der Waals surface area contributed by atoms with E-state index in [-0.39, 0.29) is 17.7 Å². The fourth-order valence-electron chi connectivity index (χ4n) is 4.54. The van der Waals surface area contributed by atoms with Crippen molar-refractivity contribution in [2.75, 3.05) is 32.7 Å². The standard InChI is InChI=1S/C24H31N3O2/c1-17-15-22(19(3)27(17)18(2)20-7-5-4-6-8-20)23(28)16-25-11-13-26(14-12-25)24(29)21-9-10-21/h4-8,15,18,21H,9-14,16H2,1-3H3. The summed E-state index contributed by atoms with van der Waals surface area (Å²) in [7, 11) is 0. The van der Waals surface area contributed by atoms with Crippen LogP contribution in [-0.2, 0) is 4.79 Å². The second-order valence-corrected chi connectivity index (χ2v) is 8.54. The van der Waals surface area contributed by atoms with Crippen LogP contribution in [0.2, 0.25) is 0 Å². The molecule has 154 valence electrons. The van der Waals surface area contributed by atoms with Crippen molar-refractivity contribution in [3.05, 3.63) is 58.9 Å². The number of carbonyl (C=O) groups is 2. The van der Waals surface area contributed by atoms with Crippen LogP contribution in [0.4, 0.5) is 0 Å². The molecule has 2 fully saturated rings. The first-order valence-electron chi connectivity index (χ1n) is 10.7. The Kier molecular flexibility index (Phi) is 5.59. The number of hydrogen-bond acceptors (Lipinski definition) is 3. The number of piperazine rings is 1. The number of benzene rings is 1. The largest absolute Gasteiger partial charge is 0.341 e. The fourth-order valence-corrected chi connectivity index (χ4v) is 4.54. The zero-order valence-corrected chi connectivity index (χ0v) is 17.7. The van der Waals surface area contributed by atoms with E-state index in [2.05, 4.69) is 47.6 Å². The SMILES string of the molecule is Cc1cc(C(=O)CN2CCN(C(=O)C3CC3)CC2)c(C)n1C(C)c1ccccc1. The molecule has 1 aromatic carbocycles. The maximum atomic E-state index is 13.1. The third-order valence-electron chi connectivity index (χ3n) is 6.43. The monoisotopic (exact) mass is 393 g/mol. The number of rotatable bonds is 6. The molecule has 29 heavy (non-hydrogen) atoms. The number of Topliss-reactive ketones (excluding diaryl/α,β-unsaturated/α-hetero) is 1. The molecule has 2 aliphatic rings. The normalized spacial score (nSPS) is 18.7. The van der Waals surface area contributed by atoms with E-state index in [9.17, 15) is 9.59 Å². The Morgan fingerprint density at radius 3 is 2.31 bits per heavy atom. The second kappa shape index (κ2) is 8.15. The maximum absolute atomic E-state index is 13.1. The Balaban J connectivity index is 1.41. The number of nitrogens with zero attached hydrogens (tertiary/aromatic N) is 3. The van der Waals surface area contributed by atoms with Crippen molar-refractivity contribution in [1.29, 1.82) is 0 Å². The second-order valence-electron chi connectivity index (χ2n) is 8.54. The van der Waals surface area contributed by atoms with E-state index in [4.69, 9.17) is 0 Å². The molecule has 1 aliphatic carbocycles. The molecule has 2 heterocycles. The summed E-state index contributed by atoms with van der Waals surface area (Å²) in [5.41, 5.74) is 4.21. The van der Waals surface area contributed by atoms with E-state index in [0.717, 1.165) is 56.0 Å². The van der Waals surface area contributed by atoms with Crippen molar-refractivity contribution in [2.24, 2.45) is 5.92 Å². The highest BCUT2D eigenvalue weighted by atomic mass is 16.2. The molecule has 5 heteroatoms. The van der Waals surface area contributed by atoms with Crippen LogP contribution >= 0.6 is 0 Å². The topological polar surface area (TPSA) is 45.6 Å². The molecule has 0 bridgehead atoms. The van der Waals surface area contributed by atoms with Gasteiger partial charge in [-0.1, -0.05) is 30.3 Å². The van der Waals surface area contributed by atoms with Gasteiger partial charge in [0.25, 0.3) is 0 Å². The van der Waals surface area contributed by atoms with Crippen molar-refractivity contribution < 1.29 is 9.59 Å². The van der Waals surface area contributed by atoms with Gasteiger partial charge in [-0.3, -0.25) is 14.5 Å². The molecule has 1 atom stereocenters. The van der Waals surface area contributed by atoms with Crippen molar-refractivity contribution in [3.63, 3.8) is 0 Å². The third-order valence-corrected chi connectivity index (χ3v) is 6.43.